The fraction of sp³-hybridized carbons (Fsp3) is 0.353. The summed E-state index contributed by atoms with van der Waals surface area (Å²) >= 11 is 0. The lowest BCUT2D eigenvalue weighted by Gasteiger charge is -2.24. The van der Waals surface area contributed by atoms with Gasteiger partial charge in [0.2, 0.25) is 0 Å². The van der Waals surface area contributed by atoms with Crippen LogP contribution < -0.4 is 5.32 Å². The van der Waals surface area contributed by atoms with E-state index < -0.39 is 18.5 Å². The molecule has 0 aliphatic heterocycles. The molecule has 0 radical (unpaired) electrons. The second-order valence-electron chi connectivity index (χ2n) is 5.62. The summed E-state index contributed by atoms with van der Waals surface area (Å²) in [5.74, 6) is -1.21. The number of nitrogens with one attached hydrogen (secondary N) is 1. The minimum Gasteiger partial charge on any atom is -0.508 e. The van der Waals surface area contributed by atoms with Crippen LogP contribution in [0.5, 0.6) is 5.75 Å². The van der Waals surface area contributed by atoms with Crippen molar-refractivity contribution >= 4 is 18.0 Å². The summed E-state index contributed by atoms with van der Waals surface area (Å²) in [6, 6.07) is 7.72. The zero-order valence-electron chi connectivity index (χ0n) is 13.4. The van der Waals surface area contributed by atoms with Crippen LogP contribution >= 0.6 is 0 Å². The van der Waals surface area contributed by atoms with Crippen LogP contribution in [0, 0.1) is 11.3 Å². The zero-order chi connectivity index (χ0) is 17.5. The average molecular weight is 316 g/mol. The van der Waals surface area contributed by atoms with Crippen molar-refractivity contribution < 1.29 is 19.4 Å². The lowest BCUT2D eigenvalue weighted by Crippen LogP contribution is -2.44. The summed E-state index contributed by atoms with van der Waals surface area (Å²) < 4.78 is 4.85. The van der Waals surface area contributed by atoms with E-state index in [1.54, 1.807) is 18.2 Å². The molecule has 0 unspecified atom stereocenters. The molecular formula is C17H20N2O4. The Labute approximate surface area is 135 Å². The van der Waals surface area contributed by atoms with Gasteiger partial charge in [-0.3, -0.25) is 4.79 Å². The first kappa shape index (κ1) is 18.2. The molecule has 0 saturated carbocycles. The molecule has 6 heteroatoms. The van der Waals surface area contributed by atoms with Gasteiger partial charge in [0.05, 0.1) is 0 Å². The molecule has 1 aromatic rings. The minimum absolute atomic E-state index is 0.0819. The molecular weight excluding hydrogens is 296 g/mol. The van der Waals surface area contributed by atoms with Crippen LogP contribution in [0.1, 0.15) is 32.8 Å². The van der Waals surface area contributed by atoms with Gasteiger partial charge in [-0.25, -0.2) is 4.79 Å². The number of carbonyl (C=O) groups is 2. The van der Waals surface area contributed by atoms with Crippen LogP contribution in [0.4, 0.5) is 0 Å². The fourth-order valence-corrected chi connectivity index (χ4v) is 1.58. The van der Waals surface area contributed by atoms with Crippen molar-refractivity contribution in [3.63, 3.8) is 0 Å². The highest BCUT2D eigenvalue weighted by molar-refractivity contribution is 5.98. The molecule has 2 N–H and O–H groups in total. The molecule has 0 heterocycles. The Kier molecular flexibility index (Phi) is 6.34. The second kappa shape index (κ2) is 7.99. The molecule has 1 rings (SSSR count). The Morgan fingerprint density at radius 3 is 2.48 bits per heavy atom. The maximum Gasteiger partial charge on any atom is 0.349 e. The number of ether oxygens (including phenoxy) is 1. The molecule has 0 spiro atoms. The molecule has 1 amide bonds. The molecule has 0 fully saturated rings. The van der Waals surface area contributed by atoms with E-state index >= 15 is 0 Å². The predicted octanol–water partition coefficient (Wildman–Crippen LogP) is 2.15. The van der Waals surface area contributed by atoms with Crippen molar-refractivity contribution in [2.45, 2.75) is 32.7 Å². The van der Waals surface area contributed by atoms with Crippen LogP contribution in [-0.2, 0) is 14.3 Å². The summed E-state index contributed by atoms with van der Waals surface area (Å²) in [6.45, 7) is 5.20. The van der Waals surface area contributed by atoms with Gasteiger partial charge < -0.3 is 15.2 Å². The van der Waals surface area contributed by atoms with Gasteiger partial charge in [0.1, 0.15) is 17.4 Å². The molecule has 0 atom stereocenters. The van der Waals surface area contributed by atoms with E-state index in [1.807, 2.05) is 20.8 Å². The number of carbonyl (C=O) groups excluding carboxylic acids is 2. The zero-order valence-corrected chi connectivity index (χ0v) is 13.4. The molecule has 1 aromatic carbocycles. The lowest BCUT2D eigenvalue weighted by molar-refractivity contribution is -0.144. The summed E-state index contributed by atoms with van der Waals surface area (Å²) in [7, 11) is 0. The quantitative estimate of drug-likeness (QED) is 0.476. The summed E-state index contributed by atoms with van der Waals surface area (Å²) in [4.78, 5) is 23.6. The standard InChI is InChI=1S/C17H20N2O4/c1-4-17(2,3)19-15(21)11-23-16(22)13(10-18)9-12-5-7-14(20)8-6-12/h5-9,20H,4,11H2,1-3H3,(H,19,21)/b13-9-. The number of nitriles is 1. The molecule has 122 valence electrons. The Bertz CT molecular complexity index is 640. The van der Waals surface area contributed by atoms with Crippen LogP contribution in [0.25, 0.3) is 6.08 Å². The predicted molar refractivity (Wildman–Crippen MR) is 85.2 cm³/mol. The van der Waals surface area contributed by atoms with E-state index in [9.17, 15) is 14.7 Å². The monoisotopic (exact) mass is 316 g/mol. The highest BCUT2D eigenvalue weighted by Crippen LogP contribution is 2.13. The van der Waals surface area contributed by atoms with Crippen LogP contribution in [0.15, 0.2) is 29.8 Å². The Morgan fingerprint density at radius 2 is 1.96 bits per heavy atom. The summed E-state index contributed by atoms with van der Waals surface area (Å²) in [5, 5.41) is 21.0. The third kappa shape index (κ3) is 6.22. The van der Waals surface area contributed by atoms with E-state index in [4.69, 9.17) is 10.00 Å². The van der Waals surface area contributed by atoms with E-state index in [2.05, 4.69) is 5.32 Å². The molecule has 0 bridgehead atoms. The van der Waals surface area contributed by atoms with Gasteiger partial charge in [-0.05, 0) is 44.0 Å². The number of amides is 1. The van der Waals surface area contributed by atoms with Crippen LogP contribution in [-0.4, -0.2) is 29.1 Å². The second-order valence-corrected chi connectivity index (χ2v) is 5.62. The Balaban J connectivity index is 2.66. The highest BCUT2D eigenvalue weighted by Gasteiger charge is 2.19. The number of esters is 1. The van der Waals surface area contributed by atoms with Gasteiger partial charge in [-0.15, -0.1) is 0 Å². The number of rotatable bonds is 6. The number of hydrogen-bond donors (Lipinski definition) is 2. The number of nitrogens with zero attached hydrogens (tertiary/aromatic N) is 1. The molecule has 6 nitrogen and oxygen atoms in total. The summed E-state index contributed by atoms with van der Waals surface area (Å²) in [6.07, 6.45) is 2.06. The van der Waals surface area contributed by atoms with Crippen LogP contribution in [0.2, 0.25) is 0 Å². The fourth-order valence-electron chi connectivity index (χ4n) is 1.58. The minimum atomic E-state index is -0.870. The Hall–Kier alpha value is -2.81. The Morgan fingerprint density at radius 1 is 1.35 bits per heavy atom. The number of phenolic OH excluding ortho intramolecular Hbond substituents is 1. The van der Waals surface area contributed by atoms with Gasteiger partial charge >= 0.3 is 5.97 Å². The topological polar surface area (TPSA) is 99.4 Å². The van der Waals surface area contributed by atoms with Gasteiger partial charge in [0.25, 0.3) is 5.91 Å². The van der Waals surface area contributed by atoms with Crippen molar-refractivity contribution in [2.24, 2.45) is 0 Å². The van der Waals surface area contributed by atoms with Crippen molar-refractivity contribution in [1.82, 2.24) is 5.32 Å². The molecule has 23 heavy (non-hydrogen) atoms. The van der Waals surface area contributed by atoms with Gasteiger partial charge in [-0.2, -0.15) is 5.26 Å². The smallest absolute Gasteiger partial charge is 0.349 e. The van der Waals surface area contributed by atoms with Crippen molar-refractivity contribution in [1.29, 1.82) is 5.26 Å². The third-order valence-electron chi connectivity index (χ3n) is 3.24. The number of aromatic hydroxyl groups is 1. The van der Waals surface area contributed by atoms with E-state index in [0.29, 0.717) is 5.56 Å². The molecule has 0 aliphatic rings. The van der Waals surface area contributed by atoms with Crippen LogP contribution in [0.3, 0.4) is 0 Å². The molecule has 0 aromatic heterocycles. The first-order valence-corrected chi connectivity index (χ1v) is 7.16. The van der Waals surface area contributed by atoms with Crippen molar-refractivity contribution in [3.05, 3.63) is 35.4 Å². The number of phenols is 1. The highest BCUT2D eigenvalue weighted by atomic mass is 16.5. The van der Waals surface area contributed by atoms with E-state index in [0.717, 1.165) is 6.42 Å². The number of benzene rings is 1. The van der Waals surface area contributed by atoms with Crippen molar-refractivity contribution in [3.8, 4) is 11.8 Å². The molecule has 0 aliphatic carbocycles. The van der Waals surface area contributed by atoms with Gasteiger partial charge in [-0.1, -0.05) is 19.1 Å². The average Bonchev–Trinajstić information content (AvgIpc) is 2.51. The maximum atomic E-state index is 11.8. The lowest BCUT2D eigenvalue weighted by atomic mass is 10.0. The molecule has 0 saturated heterocycles. The van der Waals surface area contributed by atoms with E-state index in [-0.39, 0.29) is 16.9 Å². The summed E-state index contributed by atoms with van der Waals surface area (Å²) in [5.41, 5.74) is -0.0465. The van der Waals surface area contributed by atoms with Gasteiger partial charge in [0, 0.05) is 5.54 Å². The van der Waals surface area contributed by atoms with Crippen molar-refractivity contribution in [2.75, 3.05) is 6.61 Å². The third-order valence-corrected chi connectivity index (χ3v) is 3.24. The first-order chi connectivity index (χ1) is 10.8. The first-order valence-electron chi connectivity index (χ1n) is 7.16. The van der Waals surface area contributed by atoms with Gasteiger partial charge in [0.15, 0.2) is 6.61 Å². The largest absolute Gasteiger partial charge is 0.508 e. The van der Waals surface area contributed by atoms with E-state index in [1.165, 1.54) is 18.2 Å². The maximum absolute atomic E-state index is 11.8. The normalized spacial score (nSPS) is 11.5. The SMILES string of the molecule is CCC(C)(C)NC(=O)COC(=O)/C(C#N)=C\c1ccc(O)cc1. The number of hydrogen-bond acceptors (Lipinski definition) is 5.